The van der Waals surface area contributed by atoms with E-state index >= 15 is 0 Å². The van der Waals surface area contributed by atoms with Crippen molar-refractivity contribution < 1.29 is 26.4 Å². The van der Waals surface area contributed by atoms with E-state index in [1.807, 2.05) is 0 Å². The number of halogens is 6. The second kappa shape index (κ2) is 5.01. The zero-order valence-electron chi connectivity index (χ0n) is 10.5. The molecule has 0 aliphatic heterocycles. The minimum atomic E-state index is -5.77. The maximum atomic E-state index is 13.2. The van der Waals surface area contributed by atoms with Crippen molar-refractivity contribution in [1.82, 2.24) is 4.57 Å². The van der Waals surface area contributed by atoms with Crippen LogP contribution in [0, 0.1) is 0 Å². The number of nitrogens with zero attached hydrogens (tertiary/aromatic N) is 1. The molecular formula is C12H9ClF5NO2. The molecule has 0 radical (unpaired) electrons. The lowest BCUT2D eigenvalue weighted by Gasteiger charge is -2.24. The Bertz CT molecular complexity index is 718. The molecule has 1 aromatic carbocycles. The molecule has 0 saturated carbocycles. The lowest BCUT2D eigenvalue weighted by molar-refractivity contribution is -0.283. The first-order valence-electron chi connectivity index (χ1n) is 5.81. The van der Waals surface area contributed by atoms with Crippen LogP contribution in [-0.2, 0) is 6.54 Å². The van der Waals surface area contributed by atoms with Crippen LogP contribution in [0.1, 0.15) is 17.9 Å². The molecule has 1 unspecified atom stereocenters. The van der Waals surface area contributed by atoms with Crippen molar-refractivity contribution in [3.05, 3.63) is 34.3 Å². The number of fused-ring (bicyclic) bond motifs is 1. The van der Waals surface area contributed by atoms with Crippen LogP contribution in [0.25, 0.3) is 11.1 Å². The van der Waals surface area contributed by atoms with Gasteiger partial charge in [0.25, 0.3) is 0 Å². The predicted octanol–water partition coefficient (Wildman–Crippen LogP) is 4.09. The molecule has 0 bridgehead atoms. The maximum absolute atomic E-state index is 13.2. The van der Waals surface area contributed by atoms with Crippen LogP contribution in [0.5, 0.6) is 0 Å². The molecule has 21 heavy (non-hydrogen) atoms. The highest BCUT2D eigenvalue weighted by Crippen LogP contribution is 2.48. The van der Waals surface area contributed by atoms with Crippen LogP contribution in [0.4, 0.5) is 22.0 Å². The Morgan fingerprint density at radius 2 is 1.90 bits per heavy atom. The van der Waals surface area contributed by atoms with E-state index in [1.165, 1.54) is 10.6 Å². The number of oxazole rings is 1. The SMILES string of the molecule is CCn1c(=O)oc2cc(C(Cl)C(F)(F)C(F)(F)F)ccc21. The number of hydrogen-bond acceptors (Lipinski definition) is 2. The van der Waals surface area contributed by atoms with E-state index in [4.69, 9.17) is 16.0 Å². The summed E-state index contributed by atoms with van der Waals surface area (Å²) >= 11 is 5.27. The van der Waals surface area contributed by atoms with Gasteiger partial charge in [-0.1, -0.05) is 6.07 Å². The minimum absolute atomic E-state index is 0.0945. The van der Waals surface area contributed by atoms with Crippen molar-refractivity contribution in [3.8, 4) is 0 Å². The molecule has 0 aliphatic rings. The molecule has 2 aromatic rings. The van der Waals surface area contributed by atoms with Crippen LogP contribution in [0.3, 0.4) is 0 Å². The Balaban J connectivity index is 2.51. The van der Waals surface area contributed by atoms with E-state index in [2.05, 4.69) is 0 Å². The molecule has 0 N–H and O–H groups in total. The first-order chi connectivity index (χ1) is 9.59. The van der Waals surface area contributed by atoms with Crippen molar-refractivity contribution in [3.63, 3.8) is 0 Å². The predicted molar refractivity (Wildman–Crippen MR) is 65.7 cm³/mol. The van der Waals surface area contributed by atoms with Crippen LogP contribution >= 0.6 is 11.6 Å². The Morgan fingerprint density at radius 3 is 2.43 bits per heavy atom. The number of rotatable bonds is 3. The summed E-state index contributed by atoms with van der Waals surface area (Å²) in [6, 6.07) is 3.15. The van der Waals surface area contributed by atoms with Crippen LogP contribution in [0.15, 0.2) is 27.4 Å². The number of hydrogen-bond donors (Lipinski definition) is 0. The normalized spacial score (nSPS) is 14.6. The zero-order valence-corrected chi connectivity index (χ0v) is 11.3. The number of aryl methyl sites for hydroxylation is 1. The van der Waals surface area contributed by atoms with Gasteiger partial charge in [0.05, 0.1) is 5.52 Å². The van der Waals surface area contributed by atoms with Crippen molar-refractivity contribution in [2.45, 2.75) is 30.9 Å². The molecule has 2 rings (SSSR count). The molecule has 0 saturated heterocycles. The second-order valence-electron chi connectivity index (χ2n) is 4.32. The van der Waals surface area contributed by atoms with E-state index < -0.39 is 28.8 Å². The fraction of sp³-hybridized carbons (Fsp3) is 0.417. The Morgan fingerprint density at radius 1 is 1.29 bits per heavy atom. The molecule has 3 nitrogen and oxygen atoms in total. The quantitative estimate of drug-likeness (QED) is 0.628. The number of aromatic nitrogens is 1. The molecule has 0 fully saturated rings. The summed E-state index contributed by atoms with van der Waals surface area (Å²) < 4.78 is 69.3. The Kier molecular flexibility index (Phi) is 3.77. The van der Waals surface area contributed by atoms with E-state index in [1.54, 1.807) is 6.92 Å². The molecule has 1 atom stereocenters. The van der Waals surface area contributed by atoms with Gasteiger partial charge in [0, 0.05) is 6.54 Å². The van der Waals surface area contributed by atoms with Gasteiger partial charge in [0.15, 0.2) is 5.58 Å². The monoisotopic (exact) mass is 329 g/mol. The highest BCUT2D eigenvalue weighted by molar-refractivity contribution is 6.21. The van der Waals surface area contributed by atoms with Gasteiger partial charge >= 0.3 is 17.9 Å². The Labute approximate surface area is 119 Å². The zero-order chi connectivity index (χ0) is 16.0. The van der Waals surface area contributed by atoms with E-state index in [-0.39, 0.29) is 12.1 Å². The van der Waals surface area contributed by atoms with E-state index in [0.717, 1.165) is 12.1 Å². The van der Waals surface area contributed by atoms with Gasteiger partial charge in [-0.25, -0.2) is 4.79 Å². The summed E-state index contributed by atoms with van der Waals surface area (Å²) in [5.74, 6) is -5.83. The van der Waals surface area contributed by atoms with Gasteiger partial charge in [-0.15, -0.1) is 11.6 Å². The molecule has 0 amide bonds. The van der Waals surface area contributed by atoms with Crippen molar-refractivity contribution in [2.75, 3.05) is 0 Å². The van der Waals surface area contributed by atoms with Gasteiger partial charge < -0.3 is 4.42 Å². The largest absolute Gasteiger partial charge is 0.455 e. The summed E-state index contributed by atoms with van der Waals surface area (Å²) in [5.41, 5.74) is -0.281. The molecule has 1 heterocycles. The summed E-state index contributed by atoms with van der Waals surface area (Å²) in [6.07, 6.45) is -5.77. The van der Waals surface area contributed by atoms with Crippen LogP contribution < -0.4 is 5.76 Å². The first kappa shape index (κ1) is 15.8. The van der Waals surface area contributed by atoms with E-state index in [9.17, 15) is 26.7 Å². The van der Waals surface area contributed by atoms with E-state index in [0.29, 0.717) is 5.52 Å². The number of alkyl halides is 6. The molecule has 9 heteroatoms. The fourth-order valence-corrected chi connectivity index (χ4v) is 2.15. The highest BCUT2D eigenvalue weighted by Gasteiger charge is 2.62. The third-order valence-corrected chi connectivity index (χ3v) is 3.52. The number of benzene rings is 1. The average molecular weight is 330 g/mol. The van der Waals surface area contributed by atoms with Gasteiger partial charge in [0.1, 0.15) is 5.38 Å². The summed E-state index contributed by atoms with van der Waals surface area (Å²) in [7, 11) is 0. The van der Waals surface area contributed by atoms with Gasteiger partial charge in [-0.05, 0) is 24.6 Å². The first-order valence-corrected chi connectivity index (χ1v) is 6.25. The van der Waals surface area contributed by atoms with Gasteiger partial charge in [-0.2, -0.15) is 22.0 Å². The van der Waals surface area contributed by atoms with Crippen molar-refractivity contribution in [1.29, 1.82) is 0 Å². The maximum Gasteiger partial charge on any atom is 0.455 e. The standard InChI is InChI=1S/C12H9ClF5NO2/c1-2-19-7-4-3-6(5-8(7)21-10(19)20)9(13)11(14,15)12(16,17)18/h3-5,9H,2H2,1H3. The second-order valence-corrected chi connectivity index (χ2v) is 4.76. The lowest BCUT2D eigenvalue weighted by atomic mass is 10.1. The fourth-order valence-electron chi connectivity index (χ4n) is 1.89. The molecule has 0 spiro atoms. The van der Waals surface area contributed by atoms with Crippen LogP contribution in [0.2, 0.25) is 0 Å². The summed E-state index contributed by atoms with van der Waals surface area (Å²) in [4.78, 5) is 11.4. The molecule has 0 aliphatic carbocycles. The van der Waals surface area contributed by atoms with Crippen molar-refractivity contribution in [2.24, 2.45) is 0 Å². The molecule has 1 aromatic heterocycles. The van der Waals surface area contributed by atoms with Gasteiger partial charge in [0.2, 0.25) is 0 Å². The topological polar surface area (TPSA) is 35.1 Å². The average Bonchev–Trinajstić information content (AvgIpc) is 2.70. The summed E-state index contributed by atoms with van der Waals surface area (Å²) in [5, 5.41) is -2.61. The molecule has 116 valence electrons. The van der Waals surface area contributed by atoms with Crippen molar-refractivity contribution >= 4 is 22.7 Å². The van der Waals surface area contributed by atoms with Crippen LogP contribution in [-0.4, -0.2) is 16.7 Å². The minimum Gasteiger partial charge on any atom is -0.408 e. The third-order valence-electron chi connectivity index (χ3n) is 3.00. The molecular weight excluding hydrogens is 321 g/mol. The smallest absolute Gasteiger partial charge is 0.408 e. The third kappa shape index (κ3) is 2.52. The highest BCUT2D eigenvalue weighted by atomic mass is 35.5. The summed E-state index contributed by atoms with van der Waals surface area (Å²) in [6.45, 7) is 1.93. The lowest BCUT2D eigenvalue weighted by Crippen LogP contribution is -2.40. The van der Waals surface area contributed by atoms with Gasteiger partial charge in [-0.3, -0.25) is 4.57 Å². The Hall–Kier alpha value is -1.57.